The van der Waals surface area contributed by atoms with Crippen LogP contribution in [0, 0.1) is 0 Å². The molecule has 2 N–H and O–H groups in total. The second-order valence-corrected chi connectivity index (χ2v) is 8.75. The van der Waals surface area contributed by atoms with Crippen LogP contribution in [0.4, 0.5) is 0 Å². The number of rotatable bonds is 11. The number of hydrogen-bond acceptors (Lipinski definition) is 3. The maximum atomic E-state index is 10.9. The first kappa shape index (κ1) is 25.0. The number of aromatic amines is 1. The summed E-state index contributed by atoms with van der Waals surface area (Å²) >= 11 is 0. The maximum absolute atomic E-state index is 10.9. The number of fused-ring (bicyclic) bond motifs is 1. The topological polar surface area (TPSA) is 75.2 Å². The Balaban J connectivity index is 1.75. The van der Waals surface area contributed by atoms with Crippen LogP contribution in [-0.4, -0.2) is 27.9 Å². The van der Waals surface area contributed by atoms with Gasteiger partial charge in [-0.3, -0.25) is 5.10 Å². The number of carbonyl (C=O) groups is 1. The number of H-pyrrole nitrogens is 1. The Kier molecular flexibility index (Phi) is 8.35. The highest BCUT2D eigenvalue weighted by atomic mass is 16.5. The summed E-state index contributed by atoms with van der Waals surface area (Å²) in [6.07, 6.45) is 8.86. The Bertz CT molecular complexity index is 1360. The fourth-order valence-corrected chi connectivity index (χ4v) is 4.36. The molecule has 4 rings (SSSR count). The first-order valence-electron chi connectivity index (χ1n) is 12.5. The number of ether oxygens (including phenoxy) is 1. The molecule has 0 amide bonds. The minimum Gasteiger partial charge on any atom is -0.494 e. The molecule has 0 bridgehead atoms. The number of nitrogens with zero attached hydrogens (tertiary/aromatic N) is 1. The van der Waals surface area contributed by atoms with Crippen LogP contribution in [0.3, 0.4) is 0 Å². The highest BCUT2D eigenvalue weighted by molar-refractivity contribution is 6.00. The fraction of sp³-hybridized carbons (Fsp3) is 0.226. The van der Waals surface area contributed by atoms with Crippen LogP contribution in [0.1, 0.15) is 61.8 Å². The lowest BCUT2D eigenvalue weighted by atomic mass is 9.87. The van der Waals surface area contributed by atoms with Gasteiger partial charge in [0, 0.05) is 11.5 Å². The summed E-state index contributed by atoms with van der Waals surface area (Å²) in [5, 5.41) is 17.2. The number of unbranched alkanes of at least 4 members (excludes halogenated alkanes) is 2. The van der Waals surface area contributed by atoms with E-state index in [9.17, 15) is 4.79 Å². The lowest BCUT2D eigenvalue weighted by molar-refractivity contribution is -0.131. The molecule has 0 unspecified atom stereocenters. The van der Waals surface area contributed by atoms with Gasteiger partial charge in [-0.15, -0.1) is 0 Å². The van der Waals surface area contributed by atoms with Crippen LogP contribution in [0.5, 0.6) is 5.75 Å². The average molecular weight is 481 g/mol. The largest absolute Gasteiger partial charge is 0.494 e. The first-order chi connectivity index (χ1) is 17.6. The lowest BCUT2D eigenvalue weighted by Crippen LogP contribution is -1.98. The standard InChI is InChI=1S/C31H32N2O3/c1-3-5-6-19-36-27-15-12-23(13-16-27)28(4-2)31(25-14-17-29-26(20-25)21-32-33-29)24-10-7-22(8-11-24)9-18-30(34)35/h7-18,20-21H,3-6,19H2,1-2H3,(H,32,33)(H,34,35). The monoisotopic (exact) mass is 480 g/mol. The first-order valence-corrected chi connectivity index (χ1v) is 12.5. The zero-order valence-electron chi connectivity index (χ0n) is 20.8. The molecule has 0 saturated carbocycles. The highest BCUT2D eigenvalue weighted by Crippen LogP contribution is 2.36. The number of carboxylic acids is 1. The van der Waals surface area contributed by atoms with Crippen molar-refractivity contribution in [3.63, 3.8) is 0 Å². The van der Waals surface area contributed by atoms with Crippen molar-refractivity contribution in [1.82, 2.24) is 10.2 Å². The number of aromatic nitrogens is 2. The van der Waals surface area contributed by atoms with E-state index in [2.05, 4.69) is 66.5 Å². The number of hydrogen-bond donors (Lipinski definition) is 2. The Morgan fingerprint density at radius 2 is 1.67 bits per heavy atom. The molecule has 0 atom stereocenters. The van der Waals surface area contributed by atoms with Crippen molar-refractivity contribution in [2.24, 2.45) is 0 Å². The van der Waals surface area contributed by atoms with E-state index < -0.39 is 5.97 Å². The molecule has 0 aliphatic carbocycles. The van der Waals surface area contributed by atoms with E-state index in [1.54, 1.807) is 6.08 Å². The van der Waals surface area contributed by atoms with E-state index >= 15 is 0 Å². The molecule has 1 aromatic heterocycles. The van der Waals surface area contributed by atoms with Crippen molar-refractivity contribution >= 4 is 34.1 Å². The van der Waals surface area contributed by atoms with Crippen molar-refractivity contribution < 1.29 is 14.6 Å². The van der Waals surface area contributed by atoms with Gasteiger partial charge >= 0.3 is 5.97 Å². The molecule has 0 radical (unpaired) electrons. The summed E-state index contributed by atoms with van der Waals surface area (Å²) in [5.41, 5.74) is 7.53. The summed E-state index contributed by atoms with van der Waals surface area (Å²) < 4.78 is 5.92. The minimum absolute atomic E-state index is 0.738. The molecule has 5 heteroatoms. The Labute approximate surface area is 212 Å². The van der Waals surface area contributed by atoms with E-state index in [0.717, 1.165) is 70.0 Å². The van der Waals surface area contributed by atoms with E-state index in [1.165, 1.54) is 18.4 Å². The lowest BCUT2D eigenvalue weighted by Gasteiger charge is -2.17. The van der Waals surface area contributed by atoms with Gasteiger partial charge < -0.3 is 9.84 Å². The summed E-state index contributed by atoms with van der Waals surface area (Å²) in [6, 6.07) is 22.7. The molecule has 5 nitrogen and oxygen atoms in total. The Morgan fingerprint density at radius 1 is 0.944 bits per heavy atom. The summed E-state index contributed by atoms with van der Waals surface area (Å²) in [4.78, 5) is 10.9. The van der Waals surface area contributed by atoms with Crippen LogP contribution >= 0.6 is 0 Å². The summed E-state index contributed by atoms with van der Waals surface area (Å²) in [6.45, 7) is 5.10. The number of allylic oxidation sites excluding steroid dienone is 1. The van der Waals surface area contributed by atoms with Crippen molar-refractivity contribution in [1.29, 1.82) is 0 Å². The smallest absolute Gasteiger partial charge is 0.328 e. The number of aliphatic carboxylic acids is 1. The third-order valence-corrected chi connectivity index (χ3v) is 6.22. The molecular formula is C31H32N2O3. The molecule has 1 heterocycles. The van der Waals surface area contributed by atoms with Crippen molar-refractivity contribution in [2.45, 2.75) is 39.5 Å². The summed E-state index contributed by atoms with van der Waals surface area (Å²) in [5.74, 6) is -0.0691. The van der Waals surface area contributed by atoms with Gasteiger partial charge in [-0.05, 0) is 76.6 Å². The van der Waals surface area contributed by atoms with Crippen LogP contribution in [0.25, 0.3) is 28.1 Å². The van der Waals surface area contributed by atoms with Gasteiger partial charge in [0.25, 0.3) is 0 Å². The molecule has 184 valence electrons. The number of benzene rings is 3. The average Bonchev–Trinajstić information content (AvgIpc) is 3.37. The van der Waals surface area contributed by atoms with Crippen LogP contribution in [-0.2, 0) is 4.79 Å². The Morgan fingerprint density at radius 3 is 2.36 bits per heavy atom. The normalized spacial score (nSPS) is 12.2. The van der Waals surface area contributed by atoms with Crippen LogP contribution in [0.2, 0.25) is 0 Å². The summed E-state index contributed by atoms with van der Waals surface area (Å²) in [7, 11) is 0. The molecule has 4 aromatic rings. The number of carboxylic acid groups (broad SMARTS) is 1. The van der Waals surface area contributed by atoms with Crippen molar-refractivity contribution in [3.8, 4) is 5.75 Å². The van der Waals surface area contributed by atoms with Gasteiger partial charge in [0.05, 0.1) is 18.3 Å². The third kappa shape index (κ3) is 6.11. The maximum Gasteiger partial charge on any atom is 0.328 e. The molecule has 0 spiro atoms. The van der Waals surface area contributed by atoms with Gasteiger partial charge in [0.1, 0.15) is 5.75 Å². The highest BCUT2D eigenvalue weighted by Gasteiger charge is 2.14. The Hall–Kier alpha value is -4.12. The van der Waals surface area contributed by atoms with Gasteiger partial charge in [-0.1, -0.05) is 69.2 Å². The minimum atomic E-state index is -0.959. The van der Waals surface area contributed by atoms with Crippen LogP contribution < -0.4 is 4.74 Å². The van der Waals surface area contributed by atoms with E-state index in [0.29, 0.717) is 0 Å². The zero-order chi connectivity index (χ0) is 25.3. The zero-order valence-corrected chi connectivity index (χ0v) is 20.8. The van der Waals surface area contributed by atoms with Gasteiger partial charge in [-0.25, -0.2) is 4.79 Å². The molecule has 3 aromatic carbocycles. The van der Waals surface area contributed by atoms with E-state index in [4.69, 9.17) is 9.84 Å². The number of nitrogens with one attached hydrogen (secondary N) is 1. The van der Waals surface area contributed by atoms with Crippen LogP contribution in [0.15, 0.2) is 79.0 Å². The van der Waals surface area contributed by atoms with E-state index in [1.807, 2.05) is 30.5 Å². The van der Waals surface area contributed by atoms with Gasteiger partial charge in [0.15, 0.2) is 0 Å². The predicted octanol–water partition coefficient (Wildman–Crippen LogP) is 7.60. The second kappa shape index (κ2) is 12.0. The van der Waals surface area contributed by atoms with Crippen molar-refractivity contribution in [3.05, 3.63) is 101 Å². The quantitative estimate of drug-likeness (QED) is 0.132. The molecule has 0 saturated heterocycles. The second-order valence-electron chi connectivity index (χ2n) is 8.75. The molecule has 0 fully saturated rings. The van der Waals surface area contributed by atoms with E-state index in [-0.39, 0.29) is 0 Å². The van der Waals surface area contributed by atoms with Gasteiger partial charge in [-0.2, -0.15) is 5.10 Å². The molecule has 0 aliphatic heterocycles. The predicted molar refractivity (Wildman–Crippen MR) is 147 cm³/mol. The molecule has 0 aliphatic rings. The third-order valence-electron chi connectivity index (χ3n) is 6.22. The fourth-order valence-electron chi connectivity index (χ4n) is 4.36. The SMILES string of the molecule is CCCCCOc1ccc(C(CC)=C(c2ccc(C=CC(=O)O)cc2)c2ccc3[nH]ncc3c2)cc1. The molecule has 36 heavy (non-hydrogen) atoms. The van der Waals surface area contributed by atoms with Gasteiger partial charge in [0.2, 0.25) is 0 Å². The molecular weight excluding hydrogens is 448 g/mol. The van der Waals surface area contributed by atoms with Crippen molar-refractivity contribution in [2.75, 3.05) is 6.61 Å².